The molecule has 166 valence electrons. The van der Waals surface area contributed by atoms with Crippen LogP contribution in [0.4, 0.5) is 4.39 Å². The van der Waals surface area contributed by atoms with Crippen LogP contribution >= 0.6 is 0 Å². The van der Waals surface area contributed by atoms with Gasteiger partial charge in [0.1, 0.15) is 11.9 Å². The number of hydrogen-bond donors (Lipinski definition) is 1. The molecule has 0 unspecified atom stereocenters. The zero-order valence-corrected chi connectivity index (χ0v) is 18.1. The summed E-state index contributed by atoms with van der Waals surface area (Å²) in [5.74, 6) is -1.09. The Bertz CT molecular complexity index is 979. The van der Waals surface area contributed by atoms with Crippen LogP contribution in [0.5, 0.6) is 0 Å². The highest BCUT2D eigenvalue weighted by Gasteiger charge is 2.45. The molecule has 2 aliphatic rings. The van der Waals surface area contributed by atoms with Crippen molar-refractivity contribution in [2.24, 2.45) is 10.6 Å². The summed E-state index contributed by atoms with van der Waals surface area (Å²) in [7, 11) is 0. The predicted octanol–water partition coefficient (Wildman–Crippen LogP) is 3.60. The van der Waals surface area contributed by atoms with E-state index in [0.29, 0.717) is 50.0 Å². The van der Waals surface area contributed by atoms with Crippen LogP contribution < -0.4 is 0 Å². The van der Waals surface area contributed by atoms with Crippen molar-refractivity contribution in [2.75, 3.05) is 13.1 Å². The monoisotopic (exact) mass is 428 g/mol. The molecule has 0 bridgehead atoms. The topological polar surface area (TPSA) is 80.0 Å². The summed E-state index contributed by atoms with van der Waals surface area (Å²) < 4.78 is 15.4. The molecule has 4 rings (SSSR count). The summed E-state index contributed by atoms with van der Waals surface area (Å²) in [5, 5.41) is 18.7. The van der Waals surface area contributed by atoms with Gasteiger partial charge in [-0.15, -0.1) is 0 Å². The van der Waals surface area contributed by atoms with Crippen molar-refractivity contribution < 1.29 is 19.1 Å². The number of aromatic nitrogens is 2. The van der Waals surface area contributed by atoms with Gasteiger partial charge in [0.15, 0.2) is 0 Å². The summed E-state index contributed by atoms with van der Waals surface area (Å²) in [6.45, 7) is 7.13. The quantitative estimate of drug-likeness (QED) is 0.729. The normalized spacial score (nSPS) is 21.0. The second-order valence-corrected chi connectivity index (χ2v) is 8.64. The van der Waals surface area contributed by atoms with Gasteiger partial charge < -0.3 is 9.94 Å². The summed E-state index contributed by atoms with van der Waals surface area (Å²) >= 11 is 0. The number of oxime groups is 1. The Morgan fingerprint density at radius 2 is 2.13 bits per heavy atom. The number of piperidine rings is 1. The van der Waals surface area contributed by atoms with Crippen molar-refractivity contribution in [2.45, 2.75) is 58.7 Å². The number of carboxylic acid groups (broad SMARTS) is 1. The molecule has 0 radical (unpaired) electrons. The Hall–Kier alpha value is -2.74. The fraction of sp³-hybridized carbons (Fsp3) is 0.522. The van der Waals surface area contributed by atoms with Gasteiger partial charge in [-0.25, -0.2) is 4.39 Å². The average Bonchev–Trinajstić information content (AvgIpc) is 3.36. The van der Waals surface area contributed by atoms with Crippen LogP contribution in [0.3, 0.4) is 0 Å². The maximum Gasteiger partial charge on any atom is 0.309 e. The van der Waals surface area contributed by atoms with Gasteiger partial charge in [-0.2, -0.15) is 5.10 Å². The first-order valence-corrected chi connectivity index (χ1v) is 10.9. The van der Waals surface area contributed by atoms with Gasteiger partial charge in [-0.05, 0) is 51.9 Å². The summed E-state index contributed by atoms with van der Waals surface area (Å²) in [6, 6.07) is 6.25. The van der Waals surface area contributed by atoms with Gasteiger partial charge in [-0.3, -0.25) is 14.4 Å². The molecule has 0 amide bonds. The number of carboxylic acids is 1. The van der Waals surface area contributed by atoms with Crippen LogP contribution in [-0.4, -0.2) is 50.7 Å². The summed E-state index contributed by atoms with van der Waals surface area (Å²) in [5.41, 5.74) is 2.75. The van der Waals surface area contributed by atoms with E-state index in [-0.39, 0.29) is 11.9 Å². The molecule has 1 atom stereocenters. The molecule has 7 nitrogen and oxygen atoms in total. The second kappa shape index (κ2) is 8.78. The fourth-order valence-electron chi connectivity index (χ4n) is 4.57. The molecule has 1 aromatic carbocycles. The molecule has 0 saturated carbocycles. The zero-order chi connectivity index (χ0) is 22.0. The van der Waals surface area contributed by atoms with E-state index in [9.17, 15) is 14.3 Å². The molecule has 1 saturated heterocycles. The van der Waals surface area contributed by atoms with Gasteiger partial charge in [-0.1, -0.05) is 17.3 Å². The lowest BCUT2D eigenvalue weighted by molar-refractivity contribution is -0.155. The average molecular weight is 429 g/mol. The van der Waals surface area contributed by atoms with Crippen LogP contribution in [0, 0.1) is 18.2 Å². The SMILES string of the molecule is CCn1cc(CN2CCC(C[C@@H]3CC(c4cccc(F)c4)=NO3)(C(=O)O)CC2)c(C)n1. The van der Waals surface area contributed by atoms with Gasteiger partial charge in [0.2, 0.25) is 0 Å². The lowest BCUT2D eigenvalue weighted by Gasteiger charge is -2.39. The van der Waals surface area contributed by atoms with Crippen molar-refractivity contribution in [3.8, 4) is 0 Å². The van der Waals surface area contributed by atoms with E-state index in [1.54, 1.807) is 12.1 Å². The lowest BCUT2D eigenvalue weighted by Crippen LogP contribution is -2.45. The van der Waals surface area contributed by atoms with Crippen molar-refractivity contribution in [1.82, 2.24) is 14.7 Å². The maximum absolute atomic E-state index is 13.5. The van der Waals surface area contributed by atoms with Crippen LogP contribution in [0.2, 0.25) is 0 Å². The van der Waals surface area contributed by atoms with Gasteiger partial charge in [0.25, 0.3) is 0 Å². The number of rotatable bonds is 7. The number of aryl methyl sites for hydroxylation is 2. The zero-order valence-electron chi connectivity index (χ0n) is 18.1. The molecule has 1 aromatic heterocycles. The van der Waals surface area contributed by atoms with Gasteiger partial charge >= 0.3 is 5.97 Å². The van der Waals surface area contributed by atoms with Crippen molar-refractivity contribution >= 4 is 11.7 Å². The number of benzene rings is 1. The molecule has 3 heterocycles. The number of halogens is 1. The van der Waals surface area contributed by atoms with Crippen LogP contribution in [0.15, 0.2) is 35.6 Å². The Morgan fingerprint density at radius 3 is 2.77 bits per heavy atom. The van der Waals surface area contributed by atoms with E-state index in [1.807, 2.05) is 11.6 Å². The van der Waals surface area contributed by atoms with Crippen LogP contribution in [-0.2, 0) is 22.7 Å². The van der Waals surface area contributed by atoms with Gasteiger partial charge in [0.05, 0.1) is 16.8 Å². The number of aliphatic carboxylic acids is 1. The lowest BCUT2D eigenvalue weighted by atomic mass is 9.73. The van der Waals surface area contributed by atoms with E-state index in [4.69, 9.17) is 4.84 Å². The largest absolute Gasteiger partial charge is 0.481 e. The molecular formula is C23H29FN4O3. The molecule has 2 aromatic rings. The third-order valence-corrected chi connectivity index (χ3v) is 6.54. The van der Waals surface area contributed by atoms with E-state index in [0.717, 1.165) is 18.8 Å². The molecule has 31 heavy (non-hydrogen) atoms. The number of carbonyl (C=O) groups is 1. The fourth-order valence-corrected chi connectivity index (χ4v) is 4.57. The van der Waals surface area contributed by atoms with Crippen molar-refractivity contribution in [3.05, 3.63) is 53.1 Å². The Morgan fingerprint density at radius 1 is 1.35 bits per heavy atom. The minimum Gasteiger partial charge on any atom is -0.481 e. The van der Waals surface area contributed by atoms with Crippen LogP contribution in [0.1, 0.15) is 49.4 Å². The van der Waals surface area contributed by atoms with Gasteiger partial charge in [0, 0.05) is 43.3 Å². The second-order valence-electron chi connectivity index (χ2n) is 8.64. The minimum absolute atomic E-state index is 0.300. The highest BCUT2D eigenvalue weighted by molar-refractivity contribution is 6.01. The Balaban J connectivity index is 1.36. The third kappa shape index (κ3) is 4.63. The van der Waals surface area contributed by atoms with E-state index < -0.39 is 11.4 Å². The molecule has 2 aliphatic heterocycles. The molecule has 0 aliphatic carbocycles. The Labute approximate surface area is 181 Å². The molecule has 1 N–H and O–H groups in total. The molecular weight excluding hydrogens is 399 g/mol. The summed E-state index contributed by atoms with van der Waals surface area (Å²) in [6.07, 6.45) is 3.82. The summed E-state index contributed by atoms with van der Waals surface area (Å²) in [4.78, 5) is 20.1. The molecule has 0 spiro atoms. The van der Waals surface area contributed by atoms with E-state index >= 15 is 0 Å². The standard InChI is InChI=1S/C23H29FN4O3/c1-3-28-15-18(16(2)25-28)14-27-9-7-23(8-10-27,22(29)30)13-20-12-21(26-31-20)17-5-4-6-19(24)11-17/h4-6,11,15,20H,3,7-10,12-14H2,1-2H3,(H,29,30)/t20-/m0/s1. The van der Waals surface area contributed by atoms with Crippen LogP contribution in [0.25, 0.3) is 0 Å². The minimum atomic E-state index is -0.823. The number of nitrogens with zero attached hydrogens (tertiary/aromatic N) is 4. The predicted molar refractivity (Wildman–Crippen MR) is 114 cm³/mol. The highest BCUT2D eigenvalue weighted by atomic mass is 19.1. The highest BCUT2D eigenvalue weighted by Crippen LogP contribution is 2.39. The Kier molecular flexibility index (Phi) is 6.09. The first-order chi connectivity index (χ1) is 14.9. The third-order valence-electron chi connectivity index (χ3n) is 6.54. The first kappa shape index (κ1) is 21.5. The van der Waals surface area contributed by atoms with E-state index in [1.165, 1.54) is 17.7 Å². The smallest absolute Gasteiger partial charge is 0.309 e. The maximum atomic E-state index is 13.5. The molecule has 1 fully saturated rings. The number of hydrogen-bond acceptors (Lipinski definition) is 5. The first-order valence-electron chi connectivity index (χ1n) is 10.9. The number of likely N-dealkylation sites (tertiary alicyclic amines) is 1. The van der Waals surface area contributed by atoms with E-state index in [2.05, 4.69) is 28.3 Å². The molecule has 8 heteroatoms. The van der Waals surface area contributed by atoms with Crippen molar-refractivity contribution in [3.63, 3.8) is 0 Å². The van der Waals surface area contributed by atoms with Crippen molar-refractivity contribution in [1.29, 1.82) is 0 Å².